The van der Waals surface area contributed by atoms with E-state index in [1.54, 1.807) is 12.5 Å². The molecule has 23 heavy (non-hydrogen) atoms. The quantitative estimate of drug-likeness (QED) is 0.858. The van der Waals surface area contributed by atoms with Crippen LogP contribution >= 0.6 is 11.5 Å². The zero-order chi connectivity index (χ0) is 16.2. The highest BCUT2D eigenvalue weighted by atomic mass is 32.1. The normalized spacial score (nSPS) is 17.0. The summed E-state index contributed by atoms with van der Waals surface area (Å²) in [5, 5.41) is 5.56. The van der Waals surface area contributed by atoms with Gasteiger partial charge in [0.2, 0.25) is 0 Å². The second-order valence-corrected chi connectivity index (χ2v) is 6.18. The van der Waals surface area contributed by atoms with Gasteiger partial charge in [0.1, 0.15) is 5.75 Å². The molecule has 1 fully saturated rings. The molecular weight excluding hydrogens is 312 g/mol. The van der Waals surface area contributed by atoms with Crippen LogP contribution < -0.4 is 4.74 Å². The number of ether oxygens (including phenoxy) is 1. The van der Waals surface area contributed by atoms with Gasteiger partial charge in [0.25, 0.3) is 5.91 Å². The number of benzene rings is 1. The van der Waals surface area contributed by atoms with E-state index in [4.69, 9.17) is 4.74 Å². The third-order valence-corrected chi connectivity index (χ3v) is 4.81. The molecule has 0 bridgehead atoms. The maximum Gasteiger partial charge on any atom is 0.275 e. The summed E-state index contributed by atoms with van der Waals surface area (Å²) >= 11 is 1.21. The number of carbonyl (C=O) groups is 1. The molecule has 1 unspecified atom stereocenters. The molecule has 1 aromatic heterocycles. The minimum Gasteiger partial charge on any atom is -0.497 e. The zero-order valence-corrected chi connectivity index (χ0v) is 14.1. The molecule has 2 aromatic rings. The van der Waals surface area contributed by atoms with E-state index in [1.165, 1.54) is 17.1 Å². The highest BCUT2D eigenvalue weighted by molar-refractivity contribution is 7.03. The molecule has 1 aliphatic heterocycles. The standard InChI is InChI=1S/C16H20N4O2S/c1-12(13-4-3-5-14(10-13)22-2)19-6-8-20(9-7-19)16(21)15-11-23-18-17-15/h3-5,10-12H,6-9H2,1-2H3. The number of amides is 1. The number of piperazine rings is 1. The summed E-state index contributed by atoms with van der Waals surface area (Å²) in [5.74, 6) is 0.853. The molecule has 1 saturated heterocycles. The topological polar surface area (TPSA) is 58.6 Å². The lowest BCUT2D eigenvalue weighted by molar-refractivity contribution is 0.0576. The first-order valence-corrected chi connectivity index (χ1v) is 8.47. The molecule has 0 N–H and O–H groups in total. The summed E-state index contributed by atoms with van der Waals surface area (Å²) in [4.78, 5) is 16.5. The Morgan fingerprint density at radius 1 is 1.30 bits per heavy atom. The van der Waals surface area contributed by atoms with Crippen molar-refractivity contribution < 1.29 is 9.53 Å². The summed E-state index contributed by atoms with van der Waals surface area (Å²) in [6, 6.07) is 8.45. The van der Waals surface area contributed by atoms with Crippen LogP contribution in [0.5, 0.6) is 5.75 Å². The SMILES string of the molecule is COc1cccc(C(C)N2CCN(C(=O)c3csnn3)CC2)c1. The van der Waals surface area contributed by atoms with Crippen molar-refractivity contribution in [2.24, 2.45) is 0 Å². The van der Waals surface area contributed by atoms with Crippen LogP contribution in [0.2, 0.25) is 0 Å². The maximum absolute atomic E-state index is 12.3. The average Bonchev–Trinajstić information content (AvgIpc) is 3.15. The number of aromatic nitrogens is 2. The van der Waals surface area contributed by atoms with E-state index in [2.05, 4.69) is 33.5 Å². The lowest BCUT2D eigenvalue weighted by Crippen LogP contribution is -2.49. The second kappa shape index (κ2) is 7.06. The van der Waals surface area contributed by atoms with E-state index in [-0.39, 0.29) is 5.91 Å². The van der Waals surface area contributed by atoms with Crippen LogP contribution in [0.4, 0.5) is 0 Å². The molecule has 1 aromatic carbocycles. The highest BCUT2D eigenvalue weighted by Gasteiger charge is 2.26. The fourth-order valence-electron chi connectivity index (χ4n) is 2.84. The van der Waals surface area contributed by atoms with Crippen molar-refractivity contribution in [3.05, 3.63) is 40.9 Å². The van der Waals surface area contributed by atoms with E-state index >= 15 is 0 Å². The van der Waals surface area contributed by atoms with Crippen molar-refractivity contribution in [1.29, 1.82) is 0 Å². The Labute approximate surface area is 139 Å². The maximum atomic E-state index is 12.3. The number of carbonyl (C=O) groups excluding carboxylic acids is 1. The molecule has 2 heterocycles. The van der Waals surface area contributed by atoms with Crippen LogP contribution in [0.25, 0.3) is 0 Å². The molecule has 3 rings (SSSR count). The van der Waals surface area contributed by atoms with Crippen molar-refractivity contribution in [1.82, 2.24) is 19.4 Å². The number of hydrogen-bond acceptors (Lipinski definition) is 6. The highest BCUT2D eigenvalue weighted by Crippen LogP contribution is 2.25. The van der Waals surface area contributed by atoms with Gasteiger partial charge in [0, 0.05) is 37.6 Å². The zero-order valence-electron chi connectivity index (χ0n) is 13.3. The third kappa shape index (κ3) is 3.51. The van der Waals surface area contributed by atoms with Gasteiger partial charge in [-0.05, 0) is 36.2 Å². The number of hydrogen-bond donors (Lipinski definition) is 0. The van der Waals surface area contributed by atoms with E-state index in [0.29, 0.717) is 24.8 Å². The van der Waals surface area contributed by atoms with Crippen LogP contribution in [0, 0.1) is 0 Å². The first kappa shape index (κ1) is 15.9. The number of rotatable bonds is 4. The third-order valence-electron chi connectivity index (χ3n) is 4.30. The molecule has 122 valence electrons. The van der Waals surface area contributed by atoms with Crippen molar-refractivity contribution in [2.45, 2.75) is 13.0 Å². The minimum atomic E-state index is -0.0209. The Balaban J connectivity index is 1.61. The van der Waals surface area contributed by atoms with E-state index in [0.717, 1.165) is 18.8 Å². The van der Waals surface area contributed by atoms with Crippen LogP contribution in [-0.2, 0) is 0 Å². The Kier molecular flexibility index (Phi) is 4.88. The molecule has 1 aliphatic rings. The Morgan fingerprint density at radius 2 is 2.09 bits per heavy atom. The minimum absolute atomic E-state index is 0.0209. The van der Waals surface area contributed by atoms with E-state index in [9.17, 15) is 4.79 Å². The van der Waals surface area contributed by atoms with Crippen molar-refractivity contribution in [2.75, 3.05) is 33.3 Å². The molecule has 1 amide bonds. The van der Waals surface area contributed by atoms with Gasteiger partial charge < -0.3 is 9.64 Å². The largest absolute Gasteiger partial charge is 0.497 e. The molecule has 1 atom stereocenters. The summed E-state index contributed by atoms with van der Waals surface area (Å²) in [6.07, 6.45) is 0. The Hall–Kier alpha value is -1.99. The van der Waals surface area contributed by atoms with E-state index < -0.39 is 0 Å². The van der Waals surface area contributed by atoms with Crippen molar-refractivity contribution >= 4 is 17.4 Å². The van der Waals surface area contributed by atoms with Crippen LogP contribution in [-0.4, -0.2) is 58.6 Å². The molecule has 7 heteroatoms. The predicted octanol–water partition coefficient (Wildman–Crippen LogP) is 2.07. The lowest BCUT2D eigenvalue weighted by Gasteiger charge is -2.38. The van der Waals surface area contributed by atoms with Gasteiger partial charge in [0.15, 0.2) is 5.69 Å². The summed E-state index contributed by atoms with van der Waals surface area (Å²) in [5.41, 5.74) is 1.68. The van der Waals surface area contributed by atoms with Crippen LogP contribution in [0.1, 0.15) is 29.0 Å². The fourth-order valence-corrected chi connectivity index (χ4v) is 3.27. The van der Waals surface area contributed by atoms with Gasteiger partial charge in [-0.3, -0.25) is 9.69 Å². The fraction of sp³-hybridized carbons (Fsp3) is 0.438. The molecule has 6 nitrogen and oxygen atoms in total. The van der Waals surface area contributed by atoms with Gasteiger partial charge in [0.05, 0.1) is 7.11 Å². The Morgan fingerprint density at radius 3 is 2.74 bits per heavy atom. The lowest BCUT2D eigenvalue weighted by atomic mass is 10.1. The molecule has 0 aliphatic carbocycles. The van der Waals surface area contributed by atoms with Gasteiger partial charge in [-0.2, -0.15) is 0 Å². The molecular formula is C16H20N4O2S. The monoisotopic (exact) mass is 332 g/mol. The van der Waals surface area contributed by atoms with Gasteiger partial charge in [-0.1, -0.05) is 16.6 Å². The van der Waals surface area contributed by atoms with Gasteiger partial charge in [-0.15, -0.1) is 5.10 Å². The first-order chi connectivity index (χ1) is 11.2. The van der Waals surface area contributed by atoms with Gasteiger partial charge in [-0.25, -0.2) is 0 Å². The number of nitrogens with zero attached hydrogens (tertiary/aromatic N) is 4. The summed E-state index contributed by atoms with van der Waals surface area (Å²) < 4.78 is 9.06. The Bertz CT molecular complexity index is 654. The van der Waals surface area contributed by atoms with E-state index in [1.807, 2.05) is 17.0 Å². The van der Waals surface area contributed by atoms with Crippen molar-refractivity contribution in [3.8, 4) is 5.75 Å². The summed E-state index contributed by atoms with van der Waals surface area (Å²) in [6.45, 7) is 5.31. The predicted molar refractivity (Wildman–Crippen MR) is 88.8 cm³/mol. The molecule has 0 radical (unpaired) electrons. The number of methoxy groups -OCH3 is 1. The first-order valence-electron chi connectivity index (χ1n) is 7.63. The average molecular weight is 332 g/mol. The van der Waals surface area contributed by atoms with Crippen LogP contribution in [0.15, 0.2) is 29.6 Å². The van der Waals surface area contributed by atoms with Gasteiger partial charge >= 0.3 is 0 Å². The summed E-state index contributed by atoms with van der Waals surface area (Å²) in [7, 11) is 1.68. The molecule has 0 saturated carbocycles. The molecule has 0 spiro atoms. The second-order valence-electron chi connectivity index (χ2n) is 5.57. The van der Waals surface area contributed by atoms with Crippen molar-refractivity contribution in [3.63, 3.8) is 0 Å². The van der Waals surface area contributed by atoms with Crippen LogP contribution in [0.3, 0.4) is 0 Å². The smallest absolute Gasteiger partial charge is 0.275 e.